The van der Waals surface area contributed by atoms with Crippen molar-refractivity contribution in [3.8, 4) is 5.75 Å². The molecule has 1 aromatic heterocycles. The molecule has 2 N–H and O–H groups in total. The van der Waals surface area contributed by atoms with Gasteiger partial charge in [-0.25, -0.2) is 0 Å². The van der Waals surface area contributed by atoms with E-state index in [1.54, 1.807) is 47.1 Å². The van der Waals surface area contributed by atoms with Crippen molar-refractivity contribution < 1.29 is 9.53 Å². The second-order valence-electron chi connectivity index (χ2n) is 4.63. The maximum Gasteiger partial charge on any atom is 0.260 e. The Bertz CT molecular complexity index is 577. The third-order valence-corrected chi connectivity index (χ3v) is 2.85. The van der Waals surface area contributed by atoms with E-state index in [9.17, 15) is 4.79 Å². The monoisotopic (exact) mass is 274 g/mol. The van der Waals surface area contributed by atoms with Crippen molar-refractivity contribution in [1.29, 1.82) is 0 Å². The van der Waals surface area contributed by atoms with Crippen molar-refractivity contribution in [1.82, 2.24) is 14.7 Å². The number of ether oxygens (including phenoxy) is 1. The molecular weight excluding hydrogens is 256 g/mol. The van der Waals surface area contributed by atoms with Gasteiger partial charge in [-0.05, 0) is 24.3 Å². The molecule has 0 spiro atoms. The van der Waals surface area contributed by atoms with E-state index in [0.29, 0.717) is 18.0 Å². The molecule has 0 radical (unpaired) electrons. The number of nitrogens with zero attached hydrogens (tertiary/aromatic N) is 3. The lowest BCUT2D eigenvalue weighted by molar-refractivity contribution is -0.132. The average Bonchev–Trinajstić information content (AvgIpc) is 2.83. The van der Waals surface area contributed by atoms with Gasteiger partial charge in [0, 0.05) is 38.1 Å². The molecule has 0 saturated heterocycles. The highest BCUT2D eigenvalue weighted by molar-refractivity contribution is 5.77. The van der Waals surface area contributed by atoms with Gasteiger partial charge in [-0.15, -0.1) is 0 Å². The van der Waals surface area contributed by atoms with Gasteiger partial charge in [0.05, 0.1) is 6.20 Å². The Morgan fingerprint density at radius 3 is 2.70 bits per heavy atom. The number of aromatic nitrogens is 2. The molecule has 0 bridgehead atoms. The number of anilines is 1. The van der Waals surface area contributed by atoms with Crippen molar-refractivity contribution in [2.24, 2.45) is 7.05 Å². The minimum absolute atomic E-state index is 0.000675. The van der Waals surface area contributed by atoms with Crippen LogP contribution in [0.3, 0.4) is 0 Å². The zero-order valence-electron chi connectivity index (χ0n) is 11.6. The molecule has 6 heteroatoms. The predicted molar refractivity (Wildman–Crippen MR) is 76.0 cm³/mol. The molecule has 0 aliphatic rings. The molecule has 0 aliphatic carbocycles. The number of benzene rings is 1. The number of nitrogen functional groups attached to an aromatic ring is 1. The fourth-order valence-corrected chi connectivity index (χ4v) is 1.73. The molecule has 0 aliphatic heterocycles. The first-order chi connectivity index (χ1) is 9.54. The Hall–Kier alpha value is -2.50. The number of likely N-dealkylation sites (N-methyl/N-ethyl adjacent to an activating group) is 1. The van der Waals surface area contributed by atoms with Gasteiger partial charge in [0.25, 0.3) is 5.91 Å². The fraction of sp³-hybridized carbons (Fsp3) is 0.286. The molecule has 2 aromatic rings. The van der Waals surface area contributed by atoms with Gasteiger partial charge in [-0.1, -0.05) is 0 Å². The highest BCUT2D eigenvalue weighted by Gasteiger charge is 2.11. The second-order valence-corrected chi connectivity index (χ2v) is 4.63. The minimum atomic E-state index is -0.0920. The van der Waals surface area contributed by atoms with Crippen LogP contribution in [0.15, 0.2) is 36.7 Å². The van der Waals surface area contributed by atoms with Crippen molar-refractivity contribution in [2.75, 3.05) is 19.4 Å². The Morgan fingerprint density at radius 1 is 1.40 bits per heavy atom. The van der Waals surface area contributed by atoms with Crippen LogP contribution in [0.4, 0.5) is 5.69 Å². The number of carbonyl (C=O) groups is 1. The van der Waals surface area contributed by atoms with E-state index in [-0.39, 0.29) is 12.5 Å². The van der Waals surface area contributed by atoms with Crippen LogP contribution in [0.2, 0.25) is 0 Å². The van der Waals surface area contributed by atoms with Gasteiger partial charge in [-0.2, -0.15) is 5.10 Å². The zero-order chi connectivity index (χ0) is 14.5. The smallest absolute Gasteiger partial charge is 0.260 e. The van der Waals surface area contributed by atoms with E-state index in [1.165, 1.54) is 0 Å². The first-order valence-corrected chi connectivity index (χ1v) is 6.24. The molecule has 0 fully saturated rings. The predicted octanol–water partition coefficient (Wildman–Crippen LogP) is 1.04. The van der Waals surface area contributed by atoms with Gasteiger partial charge in [0.15, 0.2) is 6.61 Å². The number of nitrogens with two attached hydrogens (primary N) is 1. The van der Waals surface area contributed by atoms with Gasteiger partial charge in [0.2, 0.25) is 0 Å². The van der Waals surface area contributed by atoms with E-state index in [4.69, 9.17) is 10.5 Å². The Labute approximate surface area is 117 Å². The number of amides is 1. The van der Waals surface area contributed by atoms with Crippen molar-refractivity contribution >= 4 is 11.6 Å². The maximum atomic E-state index is 11.9. The van der Waals surface area contributed by atoms with Crippen LogP contribution < -0.4 is 10.5 Å². The van der Waals surface area contributed by atoms with Crippen molar-refractivity contribution in [2.45, 2.75) is 6.54 Å². The number of carbonyl (C=O) groups excluding carboxylic acids is 1. The van der Waals surface area contributed by atoms with Crippen LogP contribution in [0.1, 0.15) is 5.56 Å². The van der Waals surface area contributed by atoms with Gasteiger partial charge in [0.1, 0.15) is 5.75 Å². The molecule has 1 aromatic carbocycles. The van der Waals surface area contributed by atoms with Crippen LogP contribution >= 0.6 is 0 Å². The highest BCUT2D eigenvalue weighted by Crippen LogP contribution is 2.13. The summed E-state index contributed by atoms with van der Waals surface area (Å²) in [6.45, 7) is 0.512. The molecular formula is C14H18N4O2. The van der Waals surface area contributed by atoms with Gasteiger partial charge >= 0.3 is 0 Å². The molecule has 20 heavy (non-hydrogen) atoms. The van der Waals surface area contributed by atoms with Crippen LogP contribution in [-0.4, -0.2) is 34.2 Å². The summed E-state index contributed by atoms with van der Waals surface area (Å²) >= 11 is 0. The van der Waals surface area contributed by atoms with E-state index in [1.807, 2.05) is 13.2 Å². The SMILES string of the molecule is CN(Cc1cnn(C)c1)C(=O)COc1ccc(N)cc1. The zero-order valence-corrected chi connectivity index (χ0v) is 11.6. The van der Waals surface area contributed by atoms with E-state index in [0.717, 1.165) is 5.56 Å². The lowest BCUT2D eigenvalue weighted by atomic mass is 10.3. The maximum absolute atomic E-state index is 11.9. The Kier molecular flexibility index (Phi) is 4.24. The largest absolute Gasteiger partial charge is 0.484 e. The Morgan fingerprint density at radius 2 is 2.10 bits per heavy atom. The molecule has 1 amide bonds. The molecule has 1 heterocycles. The first kappa shape index (κ1) is 13.9. The summed E-state index contributed by atoms with van der Waals surface area (Å²) in [4.78, 5) is 13.5. The first-order valence-electron chi connectivity index (χ1n) is 6.24. The van der Waals surface area contributed by atoms with Gasteiger partial charge < -0.3 is 15.4 Å². The summed E-state index contributed by atoms with van der Waals surface area (Å²) in [6.07, 6.45) is 3.62. The third kappa shape index (κ3) is 3.74. The van der Waals surface area contributed by atoms with Gasteiger partial charge in [-0.3, -0.25) is 9.48 Å². The molecule has 2 rings (SSSR count). The lowest BCUT2D eigenvalue weighted by Gasteiger charge is -2.16. The average molecular weight is 274 g/mol. The number of rotatable bonds is 5. The summed E-state index contributed by atoms with van der Waals surface area (Å²) in [7, 11) is 3.58. The van der Waals surface area contributed by atoms with E-state index >= 15 is 0 Å². The second kappa shape index (κ2) is 6.10. The molecule has 0 unspecified atom stereocenters. The fourth-order valence-electron chi connectivity index (χ4n) is 1.73. The summed E-state index contributed by atoms with van der Waals surface area (Å²) in [6, 6.07) is 6.95. The topological polar surface area (TPSA) is 73.4 Å². The normalized spacial score (nSPS) is 10.3. The van der Waals surface area contributed by atoms with Crippen LogP contribution in [0.25, 0.3) is 0 Å². The summed E-state index contributed by atoms with van der Waals surface area (Å²) in [5.74, 6) is 0.535. The van der Waals surface area contributed by atoms with Crippen molar-refractivity contribution in [3.63, 3.8) is 0 Å². The number of hydrogen-bond acceptors (Lipinski definition) is 4. The quantitative estimate of drug-likeness (QED) is 0.827. The standard InChI is InChI=1S/C14H18N4O2/c1-17(8-11-7-16-18(2)9-11)14(19)10-20-13-5-3-12(15)4-6-13/h3-7,9H,8,10,15H2,1-2H3. The third-order valence-electron chi connectivity index (χ3n) is 2.85. The summed E-state index contributed by atoms with van der Waals surface area (Å²) in [5, 5.41) is 4.07. The summed E-state index contributed by atoms with van der Waals surface area (Å²) < 4.78 is 7.13. The highest BCUT2D eigenvalue weighted by atomic mass is 16.5. The molecule has 6 nitrogen and oxygen atoms in total. The van der Waals surface area contributed by atoms with Crippen LogP contribution in [0, 0.1) is 0 Å². The number of aryl methyl sites for hydroxylation is 1. The summed E-state index contributed by atoms with van der Waals surface area (Å²) in [5.41, 5.74) is 7.23. The molecule has 106 valence electrons. The molecule has 0 saturated carbocycles. The van der Waals surface area contributed by atoms with Crippen molar-refractivity contribution in [3.05, 3.63) is 42.2 Å². The van der Waals surface area contributed by atoms with Crippen LogP contribution in [-0.2, 0) is 18.4 Å². The van der Waals surface area contributed by atoms with E-state index < -0.39 is 0 Å². The van der Waals surface area contributed by atoms with Crippen LogP contribution in [0.5, 0.6) is 5.75 Å². The Balaban J connectivity index is 1.83. The number of hydrogen-bond donors (Lipinski definition) is 1. The van der Waals surface area contributed by atoms with E-state index in [2.05, 4.69) is 5.10 Å². The molecule has 0 atom stereocenters. The lowest BCUT2D eigenvalue weighted by Crippen LogP contribution is -2.30. The minimum Gasteiger partial charge on any atom is -0.484 e.